The van der Waals surface area contributed by atoms with Gasteiger partial charge >= 0.3 is 0 Å². The van der Waals surface area contributed by atoms with Gasteiger partial charge in [-0.05, 0) is 55.5 Å². The van der Waals surface area contributed by atoms with Gasteiger partial charge in [0.1, 0.15) is 0 Å². The van der Waals surface area contributed by atoms with Gasteiger partial charge in [0.15, 0.2) is 5.76 Å². The van der Waals surface area contributed by atoms with E-state index in [0.717, 1.165) is 22.0 Å². The van der Waals surface area contributed by atoms with Crippen molar-refractivity contribution in [3.63, 3.8) is 0 Å². The molecule has 0 saturated heterocycles. The van der Waals surface area contributed by atoms with Gasteiger partial charge in [-0.1, -0.05) is 11.6 Å². The van der Waals surface area contributed by atoms with Crippen molar-refractivity contribution in [1.82, 2.24) is 9.88 Å². The van der Waals surface area contributed by atoms with E-state index in [0.29, 0.717) is 18.5 Å². The lowest BCUT2D eigenvalue weighted by Crippen LogP contribution is -2.34. The molecular weight excluding hydrogens is 332 g/mol. The number of furan rings is 1. The Bertz CT molecular complexity index is 973. The Morgan fingerprint density at radius 3 is 2.77 bits per heavy atom. The van der Waals surface area contributed by atoms with Gasteiger partial charge in [0, 0.05) is 18.7 Å². The number of pyridine rings is 1. The minimum Gasteiger partial charge on any atom is -0.459 e. The van der Waals surface area contributed by atoms with Gasteiger partial charge < -0.3 is 19.4 Å². The predicted octanol–water partition coefficient (Wildman–Crippen LogP) is 2.76. The summed E-state index contributed by atoms with van der Waals surface area (Å²) < 4.78 is 5.19. The number of aliphatic hydroxyl groups is 1. The second kappa shape index (κ2) is 7.58. The van der Waals surface area contributed by atoms with Crippen LogP contribution in [0.25, 0.3) is 10.9 Å². The molecule has 26 heavy (non-hydrogen) atoms. The van der Waals surface area contributed by atoms with Crippen molar-refractivity contribution < 1.29 is 14.3 Å². The van der Waals surface area contributed by atoms with Crippen molar-refractivity contribution in [3.05, 3.63) is 69.4 Å². The van der Waals surface area contributed by atoms with Crippen LogP contribution < -0.4 is 5.56 Å². The fourth-order valence-corrected chi connectivity index (χ4v) is 3.13. The van der Waals surface area contributed by atoms with Gasteiger partial charge in [-0.15, -0.1) is 0 Å². The number of aromatic nitrogens is 1. The molecule has 0 aliphatic heterocycles. The molecule has 3 aromatic rings. The van der Waals surface area contributed by atoms with Crippen LogP contribution in [-0.2, 0) is 6.54 Å². The summed E-state index contributed by atoms with van der Waals surface area (Å²) >= 11 is 0. The quantitative estimate of drug-likeness (QED) is 0.713. The number of H-pyrrole nitrogens is 1. The molecule has 0 bridgehead atoms. The van der Waals surface area contributed by atoms with Gasteiger partial charge in [0.05, 0.1) is 18.3 Å². The predicted molar refractivity (Wildman–Crippen MR) is 99.2 cm³/mol. The smallest absolute Gasteiger partial charge is 0.289 e. The van der Waals surface area contributed by atoms with E-state index in [-0.39, 0.29) is 30.4 Å². The van der Waals surface area contributed by atoms with Crippen LogP contribution in [0.3, 0.4) is 0 Å². The molecule has 0 atom stereocenters. The molecule has 2 aromatic heterocycles. The average Bonchev–Trinajstić information content (AvgIpc) is 3.13. The van der Waals surface area contributed by atoms with E-state index in [1.54, 1.807) is 12.1 Å². The number of nitrogens with one attached hydrogen (secondary N) is 1. The summed E-state index contributed by atoms with van der Waals surface area (Å²) in [6.07, 6.45) is 1.86. The highest BCUT2D eigenvalue weighted by Crippen LogP contribution is 2.19. The summed E-state index contributed by atoms with van der Waals surface area (Å²) in [4.78, 5) is 29.6. The first-order valence-electron chi connectivity index (χ1n) is 8.56. The molecule has 1 amide bonds. The number of nitrogens with zero attached hydrogens (tertiary/aromatic N) is 1. The second-order valence-electron chi connectivity index (χ2n) is 6.45. The summed E-state index contributed by atoms with van der Waals surface area (Å²) in [5.74, 6) is -0.0878. The summed E-state index contributed by atoms with van der Waals surface area (Å²) in [5, 5.41) is 10.1. The lowest BCUT2D eigenvalue weighted by molar-refractivity contribution is 0.0699. The molecule has 0 saturated carbocycles. The first-order chi connectivity index (χ1) is 12.5. The number of hydrogen-bond acceptors (Lipinski definition) is 4. The van der Waals surface area contributed by atoms with Crippen LogP contribution in [0.1, 0.15) is 33.7 Å². The maximum Gasteiger partial charge on any atom is 0.289 e. The van der Waals surface area contributed by atoms with E-state index < -0.39 is 0 Å². The maximum absolute atomic E-state index is 12.6. The maximum atomic E-state index is 12.6. The summed E-state index contributed by atoms with van der Waals surface area (Å²) in [6.45, 7) is 4.41. The van der Waals surface area contributed by atoms with Crippen LogP contribution in [0.4, 0.5) is 0 Å². The van der Waals surface area contributed by atoms with Crippen LogP contribution in [0.15, 0.2) is 45.8 Å². The molecule has 0 fully saturated rings. The number of benzene rings is 1. The highest BCUT2D eigenvalue weighted by atomic mass is 16.3. The first-order valence-corrected chi connectivity index (χ1v) is 8.56. The molecule has 1 aromatic carbocycles. The average molecular weight is 354 g/mol. The number of rotatable bonds is 6. The summed E-state index contributed by atoms with van der Waals surface area (Å²) in [6, 6.07) is 9.09. The third kappa shape index (κ3) is 3.70. The number of carbonyl (C=O) groups excluding carboxylic acids is 1. The third-order valence-corrected chi connectivity index (χ3v) is 4.34. The lowest BCUT2D eigenvalue weighted by atomic mass is 10.1. The largest absolute Gasteiger partial charge is 0.459 e. The number of carbonyl (C=O) groups is 1. The van der Waals surface area contributed by atoms with Crippen LogP contribution in [0.5, 0.6) is 0 Å². The fourth-order valence-electron chi connectivity index (χ4n) is 3.13. The van der Waals surface area contributed by atoms with E-state index in [4.69, 9.17) is 9.52 Å². The Morgan fingerprint density at radius 2 is 2.08 bits per heavy atom. The van der Waals surface area contributed by atoms with Crippen molar-refractivity contribution in [2.24, 2.45) is 0 Å². The Hall–Kier alpha value is -2.86. The van der Waals surface area contributed by atoms with E-state index in [9.17, 15) is 9.59 Å². The van der Waals surface area contributed by atoms with Gasteiger partial charge in [-0.25, -0.2) is 0 Å². The molecule has 0 aliphatic rings. The minimum atomic E-state index is -0.302. The molecule has 3 rings (SSSR count). The van der Waals surface area contributed by atoms with Crippen LogP contribution >= 0.6 is 0 Å². The van der Waals surface area contributed by atoms with Crippen molar-refractivity contribution >= 4 is 16.8 Å². The van der Waals surface area contributed by atoms with Crippen molar-refractivity contribution in [2.45, 2.75) is 26.8 Å². The topological polar surface area (TPSA) is 86.5 Å². The molecule has 2 heterocycles. The number of aryl methyl sites for hydroxylation is 2. The molecule has 6 heteroatoms. The Labute approximate surface area is 151 Å². The molecule has 2 N–H and O–H groups in total. The Kier molecular flexibility index (Phi) is 5.23. The van der Waals surface area contributed by atoms with Gasteiger partial charge in [0.25, 0.3) is 11.5 Å². The molecule has 0 aliphatic carbocycles. The van der Waals surface area contributed by atoms with E-state index in [2.05, 4.69) is 4.98 Å². The standard InChI is InChI=1S/C20H22N2O4/c1-13-9-14(2)18-15(10-13)11-16(19(24)21-18)12-22(6-4-7-23)20(25)17-5-3-8-26-17/h3,5,8-11,23H,4,6-7,12H2,1-2H3,(H,21,24). The SMILES string of the molecule is Cc1cc(C)c2[nH]c(=O)c(CN(CCCO)C(=O)c3ccco3)cc2c1. The monoisotopic (exact) mass is 354 g/mol. The van der Waals surface area contributed by atoms with Crippen molar-refractivity contribution in [1.29, 1.82) is 0 Å². The number of aromatic amines is 1. The lowest BCUT2D eigenvalue weighted by Gasteiger charge is -2.21. The summed E-state index contributed by atoms with van der Waals surface area (Å²) in [5.41, 5.74) is 3.21. The van der Waals surface area contributed by atoms with Crippen LogP contribution in [-0.4, -0.2) is 34.0 Å². The molecule has 6 nitrogen and oxygen atoms in total. The minimum absolute atomic E-state index is 0.0333. The van der Waals surface area contributed by atoms with Gasteiger partial charge in [-0.2, -0.15) is 0 Å². The van der Waals surface area contributed by atoms with E-state index in [1.165, 1.54) is 11.2 Å². The van der Waals surface area contributed by atoms with Gasteiger partial charge in [0.2, 0.25) is 0 Å². The molecule has 0 spiro atoms. The molecule has 0 unspecified atom stereocenters. The number of aliphatic hydroxyl groups excluding tert-OH is 1. The van der Waals surface area contributed by atoms with Crippen molar-refractivity contribution in [3.8, 4) is 0 Å². The number of amides is 1. The third-order valence-electron chi connectivity index (χ3n) is 4.34. The van der Waals surface area contributed by atoms with Crippen molar-refractivity contribution in [2.75, 3.05) is 13.2 Å². The second-order valence-corrected chi connectivity index (χ2v) is 6.45. The molecular formula is C20H22N2O4. The Balaban J connectivity index is 1.96. The number of hydrogen-bond donors (Lipinski definition) is 2. The first kappa shape index (κ1) is 17.9. The zero-order valence-electron chi connectivity index (χ0n) is 14.9. The highest BCUT2D eigenvalue weighted by Gasteiger charge is 2.20. The zero-order valence-corrected chi connectivity index (χ0v) is 14.9. The Morgan fingerprint density at radius 1 is 1.27 bits per heavy atom. The molecule has 136 valence electrons. The molecule has 0 radical (unpaired) electrons. The van der Waals surface area contributed by atoms with Crippen LogP contribution in [0.2, 0.25) is 0 Å². The fraction of sp³-hybridized carbons (Fsp3) is 0.300. The van der Waals surface area contributed by atoms with E-state index in [1.807, 2.05) is 32.0 Å². The number of fused-ring (bicyclic) bond motifs is 1. The zero-order chi connectivity index (χ0) is 18.7. The normalized spacial score (nSPS) is 11.0. The van der Waals surface area contributed by atoms with Crippen LogP contribution in [0, 0.1) is 13.8 Å². The van der Waals surface area contributed by atoms with E-state index >= 15 is 0 Å². The highest BCUT2D eigenvalue weighted by molar-refractivity contribution is 5.91. The van der Waals surface area contributed by atoms with Gasteiger partial charge in [-0.3, -0.25) is 9.59 Å². The summed E-state index contributed by atoms with van der Waals surface area (Å²) in [7, 11) is 0.